The molecule has 190 valence electrons. The number of nitrogens with zero attached hydrogens (tertiary/aromatic N) is 2. The summed E-state index contributed by atoms with van der Waals surface area (Å²) in [4.78, 5) is 14.4. The molecule has 0 fully saturated rings. The Labute approximate surface area is 208 Å². The van der Waals surface area contributed by atoms with Gasteiger partial charge < -0.3 is 9.64 Å². The zero-order valence-electron chi connectivity index (χ0n) is 19.7. The first kappa shape index (κ1) is 25.7. The van der Waals surface area contributed by atoms with Crippen LogP contribution >= 0.6 is 0 Å². The van der Waals surface area contributed by atoms with E-state index in [1.54, 1.807) is 37.4 Å². The van der Waals surface area contributed by atoms with Crippen molar-refractivity contribution in [2.75, 3.05) is 11.9 Å². The Kier molecular flexibility index (Phi) is 7.10. The predicted molar refractivity (Wildman–Crippen MR) is 129 cm³/mol. The lowest BCUT2D eigenvalue weighted by Gasteiger charge is -2.30. The summed E-state index contributed by atoms with van der Waals surface area (Å²) in [7, 11) is -3.05. The molecule has 0 spiro atoms. The average Bonchev–Trinajstić information content (AvgIpc) is 2.94. The molecule has 1 atom stereocenters. The second-order valence-electron chi connectivity index (χ2n) is 8.46. The fourth-order valence-corrected chi connectivity index (χ4v) is 6.03. The summed E-state index contributed by atoms with van der Waals surface area (Å²) in [6.45, 7) is 1.78. The van der Waals surface area contributed by atoms with E-state index in [2.05, 4.69) is 4.74 Å². The van der Waals surface area contributed by atoms with Crippen molar-refractivity contribution >= 4 is 21.6 Å². The highest BCUT2D eigenvalue weighted by Gasteiger charge is 2.43. The average molecular weight is 519 g/mol. The molecule has 0 bridgehead atoms. The van der Waals surface area contributed by atoms with Crippen LogP contribution in [0.1, 0.15) is 23.6 Å². The van der Waals surface area contributed by atoms with Gasteiger partial charge in [0.05, 0.1) is 0 Å². The highest BCUT2D eigenvalue weighted by Crippen LogP contribution is 2.36. The molecule has 1 aliphatic rings. The summed E-state index contributed by atoms with van der Waals surface area (Å²) in [6, 6.07) is 17.7. The van der Waals surface area contributed by atoms with Gasteiger partial charge in [-0.1, -0.05) is 61.5 Å². The number of fused-ring (bicyclic) bond motifs is 1. The van der Waals surface area contributed by atoms with Crippen LogP contribution < -0.4 is 9.64 Å². The third-order valence-electron chi connectivity index (χ3n) is 6.13. The maximum atomic E-state index is 13.9. The van der Waals surface area contributed by atoms with Crippen molar-refractivity contribution in [1.82, 2.24) is 4.31 Å². The van der Waals surface area contributed by atoms with Crippen LogP contribution in [0.2, 0.25) is 0 Å². The monoisotopic (exact) mass is 518 g/mol. The zero-order chi connectivity index (χ0) is 26.1. The van der Waals surface area contributed by atoms with Gasteiger partial charge >= 0.3 is 6.36 Å². The molecular formula is C26H25F3N2O4S. The maximum Gasteiger partial charge on any atom is 0.573 e. The van der Waals surface area contributed by atoms with Crippen LogP contribution in [0.5, 0.6) is 5.75 Å². The normalized spacial score (nSPS) is 17.0. The van der Waals surface area contributed by atoms with E-state index < -0.39 is 39.0 Å². The number of hydrogen-bond donors (Lipinski definition) is 0. The summed E-state index contributed by atoms with van der Waals surface area (Å²) in [6.07, 6.45) is -4.29. The van der Waals surface area contributed by atoms with Crippen molar-refractivity contribution in [3.05, 3.63) is 89.5 Å². The fraction of sp³-hybridized carbons (Fsp3) is 0.269. The minimum Gasteiger partial charge on any atom is -0.404 e. The number of likely N-dealkylation sites (N-methyl/N-ethyl adjacent to an activating group) is 1. The van der Waals surface area contributed by atoms with E-state index in [-0.39, 0.29) is 13.0 Å². The minimum absolute atomic E-state index is 0.0481. The number of ether oxygens (including phenoxy) is 1. The molecule has 6 nitrogen and oxygen atoms in total. The summed E-state index contributed by atoms with van der Waals surface area (Å²) < 4.78 is 72.1. The largest absolute Gasteiger partial charge is 0.573 e. The first-order valence-corrected chi connectivity index (χ1v) is 12.7. The molecule has 0 radical (unpaired) electrons. The predicted octanol–water partition coefficient (Wildman–Crippen LogP) is 4.93. The summed E-state index contributed by atoms with van der Waals surface area (Å²) in [5, 5.41) is 0. The number of carbonyl (C=O) groups excluding carboxylic acids is 1. The molecule has 3 aromatic rings. The number of benzene rings is 3. The first-order chi connectivity index (χ1) is 17.0. The number of halogens is 3. The number of sulfonamides is 1. The highest BCUT2D eigenvalue weighted by atomic mass is 32.2. The van der Waals surface area contributed by atoms with Crippen LogP contribution in [-0.2, 0) is 34.2 Å². The Bertz CT molecular complexity index is 1380. The van der Waals surface area contributed by atoms with E-state index in [0.717, 1.165) is 34.0 Å². The zero-order valence-corrected chi connectivity index (χ0v) is 20.5. The smallest absolute Gasteiger partial charge is 0.404 e. The molecule has 1 heterocycles. The molecule has 0 aliphatic carbocycles. The van der Waals surface area contributed by atoms with Gasteiger partial charge in [-0.25, -0.2) is 8.42 Å². The van der Waals surface area contributed by atoms with Crippen LogP contribution in [0.25, 0.3) is 0 Å². The lowest BCUT2D eigenvalue weighted by atomic mass is 10.0. The molecule has 0 N–H and O–H groups in total. The molecule has 1 amide bonds. The molecule has 4 rings (SSSR count). The number of amides is 1. The SMILES string of the molecule is CCc1cccc(CC2C(=O)N(C)c3ccccc3CN2S(=O)(=O)c2ccccc2OC(F)(F)F)c1. The number of hydrogen-bond acceptors (Lipinski definition) is 4. The van der Waals surface area contributed by atoms with E-state index in [1.165, 1.54) is 17.0 Å². The van der Waals surface area contributed by atoms with Gasteiger partial charge in [0.2, 0.25) is 15.9 Å². The molecule has 36 heavy (non-hydrogen) atoms. The van der Waals surface area contributed by atoms with Crippen molar-refractivity contribution in [2.45, 2.75) is 43.6 Å². The van der Waals surface area contributed by atoms with Crippen molar-refractivity contribution in [2.24, 2.45) is 0 Å². The van der Waals surface area contributed by atoms with Crippen LogP contribution in [0.3, 0.4) is 0 Å². The number of anilines is 1. The Morgan fingerprint density at radius 3 is 2.36 bits per heavy atom. The summed E-state index contributed by atoms with van der Waals surface area (Å²) in [5.74, 6) is -1.34. The summed E-state index contributed by atoms with van der Waals surface area (Å²) in [5.41, 5.74) is 2.85. The molecule has 1 aliphatic heterocycles. The van der Waals surface area contributed by atoms with E-state index in [0.29, 0.717) is 11.3 Å². The van der Waals surface area contributed by atoms with Gasteiger partial charge in [0.25, 0.3) is 0 Å². The Balaban J connectivity index is 1.86. The van der Waals surface area contributed by atoms with Crippen LogP contribution in [0, 0.1) is 0 Å². The highest BCUT2D eigenvalue weighted by molar-refractivity contribution is 7.89. The first-order valence-electron chi connectivity index (χ1n) is 11.3. The molecule has 0 saturated carbocycles. The van der Waals surface area contributed by atoms with Gasteiger partial charge in [0, 0.05) is 19.3 Å². The lowest BCUT2D eigenvalue weighted by Crippen LogP contribution is -2.49. The second kappa shape index (κ2) is 9.94. The number of alkyl halides is 3. The van der Waals surface area contributed by atoms with Gasteiger partial charge in [-0.2, -0.15) is 4.31 Å². The maximum absolute atomic E-state index is 13.9. The molecule has 0 saturated heterocycles. The van der Waals surface area contributed by atoms with Gasteiger partial charge in [-0.15, -0.1) is 13.2 Å². The van der Waals surface area contributed by atoms with E-state index >= 15 is 0 Å². The van der Waals surface area contributed by atoms with Crippen LogP contribution in [0.4, 0.5) is 18.9 Å². The van der Waals surface area contributed by atoms with Crippen molar-refractivity contribution < 1.29 is 31.1 Å². The molecule has 3 aromatic carbocycles. The standard InChI is InChI=1S/C26H25F3N2O4S/c1-3-18-9-8-10-19(15-18)16-22-25(32)30(2)21-12-5-4-11-20(21)17-31(22)36(33,34)24-14-7-6-13-23(24)35-26(27,28)29/h4-15,22H,3,16-17H2,1-2H3. The molecule has 1 unspecified atom stereocenters. The Morgan fingerprint density at radius 2 is 1.64 bits per heavy atom. The molecule has 10 heteroatoms. The van der Waals surface area contributed by atoms with Gasteiger partial charge in [-0.3, -0.25) is 4.79 Å². The Hall–Kier alpha value is -3.37. The van der Waals surface area contributed by atoms with E-state index in [9.17, 15) is 26.4 Å². The van der Waals surface area contributed by atoms with Crippen LogP contribution in [-0.4, -0.2) is 38.1 Å². The van der Waals surface area contributed by atoms with Crippen molar-refractivity contribution in [3.8, 4) is 5.75 Å². The number of para-hydroxylation sites is 2. The van der Waals surface area contributed by atoms with E-state index in [1.807, 2.05) is 25.1 Å². The van der Waals surface area contributed by atoms with Crippen LogP contribution in [0.15, 0.2) is 77.7 Å². The summed E-state index contributed by atoms with van der Waals surface area (Å²) >= 11 is 0. The van der Waals surface area contributed by atoms with Crippen molar-refractivity contribution in [3.63, 3.8) is 0 Å². The molecule has 0 aromatic heterocycles. The number of rotatable bonds is 6. The number of carbonyl (C=O) groups is 1. The lowest BCUT2D eigenvalue weighted by molar-refractivity contribution is -0.275. The fourth-order valence-electron chi connectivity index (χ4n) is 4.36. The van der Waals surface area contributed by atoms with Gasteiger partial charge in [-0.05, 0) is 47.7 Å². The number of aryl methyl sites for hydroxylation is 1. The van der Waals surface area contributed by atoms with Crippen molar-refractivity contribution in [1.29, 1.82) is 0 Å². The third-order valence-corrected chi connectivity index (χ3v) is 8.03. The van der Waals surface area contributed by atoms with Gasteiger partial charge in [0.1, 0.15) is 16.7 Å². The Morgan fingerprint density at radius 1 is 0.972 bits per heavy atom. The van der Waals surface area contributed by atoms with E-state index in [4.69, 9.17) is 0 Å². The quantitative estimate of drug-likeness (QED) is 0.464. The molecular weight excluding hydrogens is 493 g/mol. The minimum atomic E-state index is -5.09. The van der Waals surface area contributed by atoms with Gasteiger partial charge in [0.15, 0.2) is 0 Å². The topological polar surface area (TPSA) is 66.9 Å². The third kappa shape index (κ3) is 5.24. The second-order valence-corrected chi connectivity index (χ2v) is 10.3.